The Kier molecular flexibility index (Phi) is 4.25. The molecule has 0 aliphatic heterocycles. The second-order valence-corrected chi connectivity index (χ2v) is 4.69. The van der Waals surface area contributed by atoms with Crippen molar-refractivity contribution in [1.82, 2.24) is 9.97 Å². The Morgan fingerprint density at radius 2 is 1.80 bits per heavy atom. The van der Waals surface area contributed by atoms with E-state index < -0.39 is 0 Å². The standard InChI is InChI=1S/C13H22N2/c1-6-7-11-13(10(4)5)14-8-12(15-11)9(2)3/h8-10H,6-7H2,1-5H3. The van der Waals surface area contributed by atoms with Gasteiger partial charge >= 0.3 is 0 Å². The van der Waals surface area contributed by atoms with Gasteiger partial charge in [0.15, 0.2) is 0 Å². The third kappa shape index (κ3) is 3.01. The van der Waals surface area contributed by atoms with Crippen LogP contribution in [0, 0.1) is 0 Å². The summed E-state index contributed by atoms with van der Waals surface area (Å²) in [4.78, 5) is 9.28. The normalized spacial score (nSPS) is 11.4. The van der Waals surface area contributed by atoms with Gasteiger partial charge in [0.2, 0.25) is 0 Å². The molecule has 0 aliphatic rings. The van der Waals surface area contributed by atoms with E-state index in [1.807, 2.05) is 6.20 Å². The van der Waals surface area contributed by atoms with E-state index in [9.17, 15) is 0 Å². The lowest BCUT2D eigenvalue weighted by Crippen LogP contribution is -2.06. The fourth-order valence-electron chi connectivity index (χ4n) is 1.63. The summed E-state index contributed by atoms with van der Waals surface area (Å²) in [6.45, 7) is 10.9. The molecule has 1 aromatic rings. The lowest BCUT2D eigenvalue weighted by Gasteiger charge is -2.13. The van der Waals surface area contributed by atoms with Crippen LogP contribution >= 0.6 is 0 Å². The molecule has 1 aromatic heterocycles. The smallest absolute Gasteiger partial charge is 0.0644 e. The highest BCUT2D eigenvalue weighted by Gasteiger charge is 2.11. The van der Waals surface area contributed by atoms with E-state index >= 15 is 0 Å². The highest BCUT2D eigenvalue weighted by atomic mass is 14.8. The lowest BCUT2D eigenvalue weighted by molar-refractivity contribution is 0.720. The van der Waals surface area contributed by atoms with Crippen LogP contribution in [-0.4, -0.2) is 9.97 Å². The molecule has 0 radical (unpaired) electrons. The van der Waals surface area contributed by atoms with Gasteiger partial charge in [-0.05, 0) is 18.3 Å². The Hall–Kier alpha value is -0.920. The summed E-state index contributed by atoms with van der Waals surface area (Å²) in [7, 11) is 0. The number of hydrogen-bond acceptors (Lipinski definition) is 2. The van der Waals surface area contributed by atoms with Gasteiger partial charge in [-0.15, -0.1) is 0 Å². The summed E-state index contributed by atoms with van der Waals surface area (Å²) in [5, 5.41) is 0. The van der Waals surface area contributed by atoms with Crippen LogP contribution in [-0.2, 0) is 6.42 Å². The Morgan fingerprint density at radius 1 is 1.13 bits per heavy atom. The number of aromatic nitrogens is 2. The van der Waals surface area contributed by atoms with Crippen molar-refractivity contribution in [3.63, 3.8) is 0 Å². The van der Waals surface area contributed by atoms with Crippen molar-refractivity contribution >= 4 is 0 Å². The number of rotatable bonds is 4. The topological polar surface area (TPSA) is 25.8 Å². The van der Waals surface area contributed by atoms with Crippen LogP contribution in [0.5, 0.6) is 0 Å². The van der Waals surface area contributed by atoms with Crippen molar-refractivity contribution < 1.29 is 0 Å². The van der Waals surface area contributed by atoms with Gasteiger partial charge in [0.05, 0.1) is 17.1 Å². The van der Waals surface area contributed by atoms with Crippen molar-refractivity contribution in [2.75, 3.05) is 0 Å². The summed E-state index contributed by atoms with van der Waals surface area (Å²) in [5.41, 5.74) is 3.47. The number of nitrogens with zero attached hydrogens (tertiary/aromatic N) is 2. The molecule has 0 unspecified atom stereocenters. The number of aryl methyl sites for hydroxylation is 1. The fraction of sp³-hybridized carbons (Fsp3) is 0.692. The van der Waals surface area contributed by atoms with Gasteiger partial charge in [0.1, 0.15) is 0 Å². The van der Waals surface area contributed by atoms with E-state index in [1.165, 1.54) is 11.4 Å². The number of hydrogen-bond donors (Lipinski definition) is 0. The third-order valence-electron chi connectivity index (χ3n) is 2.52. The van der Waals surface area contributed by atoms with Crippen molar-refractivity contribution in [3.05, 3.63) is 23.3 Å². The van der Waals surface area contributed by atoms with Gasteiger partial charge < -0.3 is 0 Å². The average Bonchev–Trinajstić information content (AvgIpc) is 2.17. The first-order chi connectivity index (χ1) is 7.06. The van der Waals surface area contributed by atoms with Crippen LogP contribution in [0.1, 0.15) is 70.0 Å². The lowest BCUT2D eigenvalue weighted by atomic mass is 10.0. The third-order valence-corrected chi connectivity index (χ3v) is 2.52. The van der Waals surface area contributed by atoms with E-state index in [0.717, 1.165) is 18.5 Å². The zero-order chi connectivity index (χ0) is 11.4. The minimum atomic E-state index is 0.467. The van der Waals surface area contributed by atoms with Crippen LogP contribution in [0.3, 0.4) is 0 Å². The first-order valence-electron chi connectivity index (χ1n) is 5.92. The second kappa shape index (κ2) is 5.24. The molecule has 84 valence electrons. The molecule has 1 rings (SSSR count). The van der Waals surface area contributed by atoms with Gasteiger partial charge in [-0.25, -0.2) is 0 Å². The zero-order valence-electron chi connectivity index (χ0n) is 10.5. The quantitative estimate of drug-likeness (QED) is 0.751. The summed E-state index contributed by atoms with van der Waals surface area (Å²) in [6.07, 6.45) is 4.11. The molecule has 0 spiro atoms. The summed E-state index contributed by atoms with van der Waals surface area (Å²) < 4.78 is 0. The predicted octanol–water partition coefficient (Wildman–Crippen LogP) is 3.68. The van der Waals surface area contributed by atoms with Gasteiger partial charge in [-0.2, -0.15) is 0 Å². The molecular formula is C13H22N2. The van der Waals surface area contributed by atoms with Crippen LogP contribution in [0.15, 0.2) is 6.20 Å². The first-order valence-corrected chi connectivity index (χ1v) is 5.92. The maximum atomic E-state index is 4.72. The molecule has 15 heavy (non-hydrogen) atoms. The first kappa shape index (κ1) is 12.2. The fourth-order valence-corrected chi connectivity index (χ4v) is 1.63. The minimum Gasteiger partial charge on any atom is -0.257 e. The largest absolute Gasteiger partial charge is 0.257 e. The van der Waals surface area contributed by atoms with Gasteiger partial charge in [0, 0.05) is 6.20 Å². The molecule has 0 amide bonds. The Labute approximate surface area is 93.2 Å². The Bertz CT molecular complexity index is 316. The van der Waals surface area contributed by atoms with E-state index in [-0.39, 0.29) is 0 Å². The van der Waals surface area contributed by atoms with Crippen LogP contribution in [0.25, 0.3) is 0 Å². The van der Waals surface area contributed by atoms with Crippen molar-refractivity contribution in [1.29, 1.82) is 0 Å². The molecule has 0 atom stereocenters. The molecule has 2 heteroatoms. The average molecular weight is 206 g/mol. The molecule has 0 saturated carbocycles. The maximum absolute atomic E-state index is 4.72. The molecule has 2 nitrogen and oxygen atoms in total. The maximum Gasteiger partial charge on any atom is 0.0644 e. The molecular weight excluding hydrogens is 184 g/mol. The Morgan fingerprint density at radius 3 is 2.27 bits per heavy atom. The molecule has 1 heterocycles. The Balaban J connectivity index is 3.08. The van der Waals surface area contributed by atoms with Crippen LogP contribution in [0.4, 0.5) is 0 Å². The molecule has 0 aliphatic carbocycles. The second-order valence-electron chi connectivity index (χ2n) is 4.69. The molecule has 0 fully saturated rings. The SMILES string of the molecule is CCCc1nc(C(C)C)cnc1C(C)C. The summed E-state index contributed by atoms with van der Waals surface area (Å²) >= 11 is 0. The van der Waals surface area contributed by atoms with E-state index in [4.69, 9.17) is 4.98 Å². The van der Waals surface area contributed by atoms with Gasteiger partial charge in [-0.3, -0.25) is 9.97 Å². The minimum absolute atomic E-state index is 0.467. The van der Waals surface area contributed by atoms with E-state index in [2.05, 4.69) is 39.6 Å². The van der Waals surface area contributed by atoms with E-state index in [1.54, 1.807) is 0 Å². The highest BCUT2D eigenvalue weighted by Crippen LogP contribution is 2.19. The summed E-state index contributed by atoms with van der Waals surface area (Å²) in [6, 6.07) is 0. The predicted molar refractivity (Wildman–Crippen MR) is 64.2 cm³/mol. The molecule has 0 bridgehead atoms. The van der Waals surface area contributed by atoms with Gasteiger partial charge in [0.25, 0.3) is 0 Å². The van der Waals surface area contributed by atoms with Crippen LogP contribution in [0.2, 0.25) is 0 Å². The molecule has 0 saturated heterocycles. The van der Waals surface area contributed by atoms with Crippen molar-refractivity contribution in [2.45, 2.75) is 59.3 Å². The van der Waals surface area contributed by atoms with Crippen molar-refractivity contribution in [2.24, 2.45) is 0 Å². The highest BCUT2D eigenvalue weighted by molar-refractivity contribution is 5.18. The summed E-state index contributed by atoms with van der Waals surface area (Å²) in [5.74, 6) is 0.939. The van der Waals surface area contributed by atoms with Crippen molar-refractivity contribution in [3.8, 4) is 0 Å². The van der Waals surface area contributed by atoms with E-state index in [0.29, 0.717) is 11.8 Å². The molecule has 0 N–H and O–H groups in total. The van der Waals surface area contributed by atoms with Crippen LogP contribution < -0.4 is 0 Å². The zero-order valence-corrected chi connectivity index (χ0v) is 10.5. The van der Waals surface area contributed by atoms with Gasteiger partial charge in [-0.1, -0.05) is 41.0 Å². The monoisotopic (exact) mass is 206 g/mol. The molecule has 0 aromatic carbocycles.